The van der Waals surface area contributed by atoms with Crippen LogP contribution < -0.4 is 16.4 Å². The van der Waals surface area contributed by atoms with Crippen LogP contribution in [0.2, 0.25) is 0 Å². The Morgan fingerprint density at radius 3 is 2.90 bits per heavy atom. The number of primary amides is 1. The van der Waals surface area contributed by atoms with E-state index in [4.69, 9.17) is 5.73 Å². The summed E-state index contributed by atoms with van der Waals surface area (Å²) in [5, 5.41) is 9.74. The van der Waals surface area contributed by atoms with Crippen LogP contribution in [-0.4, -0.2) is 27.8 Å². The van der Waals surface area contributed by atoms with Crippen molar-refractivity contribution in [2.75, 3.05) is 5.32 Å². The van der Waals surface area contributed by atoms with Gasteiger partial charge in [-0.1, -0.05) is 26.2 Å². The zero-order valence-corrected chi connectivity index (χ0v) is 12.3. The summed E-state index contributed by atoms with van der Waals surface area (Å²) in [5.74, 6) is 0.0872. The molecular formula is C14H23N5O2. The second-order valence-corrected chi connectivity index (χ2v) is 5.55. The predicted molar refractivity (Wildman–Crippen MR) is 79.6 cm³/mol. The van der Waals surface area contributed by atoms with Crippen molar-refractivity contribution >= 4 is 17.6 Å². The largest absolute Gasteiger partial charge is 0.368 e. The highest BCUT2D eigenvalue weighted by atomic mass is 16.2. The van der Waals surface area contributed by atoms with Gasteiger partial charge in [-0.3, -0.25) is 9.48 Å². The van der Waals surface area contributed by atoms with Crippen molar-refractivity contribution in [2.45, 2.75) is 51.6 Å². The maximum atomic E-state index is 12.0. The summed E-state index contributed by atoms with van der Waals surface area (Å²) in [7, 11) is 0. The first kappa shape index (κ1) is 15.3. The normalized spacial score (nSPS) is 21.8. The second-order valence-electron chi connectivity index (χ2n) is 5.55. The number of aromatic nitrogens is 2. The van der Waals surface area contributed by atoms with Crippen molar-refractivity contribution in [3.63, 3.8) is 0 Å². The molecule has 1 fully saturated rings. The first-order chi connectivity index (χ1) is 10.1. The minimum atomic E-state index is -0.470. The molecule has 0 aliphatic heterocycles. The second kappa shape index (κ2) is 7.10. The number of rotatable bonds is 5. The van der Waals surface area contributed by atoms with Crippen molar-refractivity contribution in [3.8, 4) is 0 Å². The molecule has 1 aromatic heterocycles. The van der Waals surface area contributed by atoms with Gasteiger partial charge in [0, 0.05) is 12.2 Å². The average molecular weight is 293 g/mol. The number of nitrogens with one attached hydrogen (secondary N) is 2. The molecule has 1 aromatic rings. The van der Waals surface area contributed by atoms with Gasteiger partial charge >= 0.3 is 6.03 Å². The molecule has 1 aliphatic carbocycles. The van der Waals surface area contributed by atoms with Gasteiger partial charge in [0.15, 0.2) is 0 Å². The summed E-state index contributed by atoms with van der Waals surface area (Å²) in [5.41, 5.74) is 5.64. The topological polar surface area (TPSA) is 102 Å². The van der Waals surface area contributed by atoms with Crippen molar-refractivity contribution < 1.29 is 9.59 Å². The van der Waals surface area contributed by atoms with Crippen LogP contribution in [0.4, 0.5) is 10.5 Å². The molecule has 3 amide bonds. The SMILES string of the molecule is CCC1CCCCC1NC(=O)Nc1cnn(CC(N)=O)c1. The van der Waals surface area contributed by atoms with Crippen LogP contribution >= 0.6 is 0 Å². The number of hydrogen-bond acceptors (Lipinski definition) is 3. The summed E-state index contributed by atoms with van der Waals surface area (Å²) < 4.78 is 1.40. The van der Waals surface area contributed by atoms with E-state index >= 15 is 0 Å². The fraction of sp³-hybridized carbons (Fsp3) is 0.643. The number of amides is 3. The minimum Gasteiger partial charge on any atom is -0.368 e. The van der Waals surface area contributed by atoms with Gasteiger partial charge in [0.05, 0.1) is 11.9 Å². The lowest BCUT2D eigenvalue weighted by atomic mass is 9.83. The summed E-state index contributed by atoms with van der Waals surface area (Å²) >= 11 is 0. The molecule has 0 saturated heterocycles. The van der Waals surface area contributed by atoms with E-state index in [2.05, 4.69) is 22.7 Å². The molecule has 116 valence electrons. The fourth-order valence-corrected chi connectivity index (χ4v) is 2.90. The van der Waals surface area contributed by atoms with E-state index in [1.807, 2.05) is 0 Å². The molecule has 0 bridgehead atoms. The molecule has 0 spiro atoms. The number of nitrogens with zero attached hydrogens (tertiary/aromatic N) is 2. The highest BCUT2D eigenvalue weighted by molar-refractivity contribution is 5.89. The van der Waals surface area contributed by atoms with Gasteiger partial charge in [-0.2, -0.15) is 5.10 Å². The van der Waals surface area contributed by atoms with Crippen molar-refractivity contribution in [2.24, 2.45) is 11.7 Å². The van der Waals surface area contributed by atoms with Crippen LogP contribution in [0.5, 0.6) is 0 Å². The van der Waals surface area contributed by atoms with E-state index in [1.165, 1.54) is 23.7 Å². The van der Waals surface area contributed by atoms with E-state index in [0.717, 1.165) is 19.3 Å². The predicted octanol–water partition coefficient (Wildman–Crippen LogP) is 1.46. The Balaban J connectivity index is 1.86. The third-order valence-electron chi connectivity index (χ3n) is 3.96. The van der Waals surface area contributed by atoms with Gasteiger partial charge in [-0.25, -0.2) is 4.79 Å². The number of nitrogens with two attached hydrogens (primary N) is 1. The quantitative estimate of drug-likeness (QED) is 0.765. The number of hydrogen-bond donors (Lipinski definition) is 3. The van der Waals surface area contributed by atoms with Crippen LogP contribution in [-0.2, 0) is 11.3 Å². The van der Waals surface area contributed by atoms with Crippen molar-refractivity contribution in [3.05, 3.63) is 12.4 Å². The van der Waals surface area contributed by atoms with Gasteiger partial charge in [0.1, 0.15) is 6.54 Å². The molecule has 1 aliphatic rings. The monoisotopic (exact) mass is 293 g/mol. The van der Waals surface area contributed by atoms with Crippen molar-refractivity contribution in [1.82, 2.24) is 15.1 Å². The average Bonchev–Trinajstić information content (AvgIpc) is 2.85. The number of carbonyl (C=O) groups excluding carboxylic acids is 2. The lowest BCUT2D eigenvalue weighted by Crippen LogP contribution is -2.43. The zero-order valence-electron chi connectivity index (χ0n) is 12.3. The van der Waals surface area contributed by atoms with Crippen LogP contribution in [0, 0.1) is 5.92 Å². The molecule has 21 heavy (non-hydrogen) atoms. The number of carbonyl (C=O) groups is 2. The Bertz CT molecular complexity index is 499. The molecule has 4 N–H and O–H groups in total. The molecule has 0 aromatic carbocycles. The van der Waals surface area contributed by atoms with Crippen LogP contribution in [0.15, 0.2) is 12.4 Å². The first-order valence-electron chi connectivity index (χ1n) is 7.46. The Hall–Kier alpha value is -2.05. The fourth-order valence-electron chi connectivity index (χ4n) is 2.90. The van der Waals surface area contributed by atoms with Gasteiger partial charge in [0.2, 0.25) is 5.91 Å². The molecule has 0 radical (unpaired) electrons. The van der Waals surface area contributed by atoms with E-state index in [1.54, 1.807) is 6.20 Å². The molecular weight excluding hydrogens is 270 g/mol. The summed E-state index contributed by atoms with van der Waals surface area (Å²) in [6, 6.07) is 0.0170. The number of anilines is 1. The van der Waals surface area contributed by atoms with E-state index in [-0.39, 0.29) is 18.6 Å². The smallest absolute Gasteiger partial charge is 0.319 e. The highest BCUT2D eigenvalue weighted by Crippen LogP contribution is 2.26. The molecule has 2 rings (SSSR count). The Morgan fingerprint density at radius 2 is 2.19 bits per heavy atom. The Labute approximate surface area is 124 Å². The van der Waals surface area contributed by atoms with E-state index < -0.39 is 5.91 Å². The summed E-state index contributed by atoms with van der Waals surface area (Å²) in [6.07, 6.45) is 8.80. The summed E-state index contributed by atoms with van der Waals surface area (Å²) in [6.45, 7) is 2.17. The molecule has 2 atom stereocenters. The molecule has 1 saturated carbocycles. The first-order valence-corrected chi connectivity index (χ1v) is 7.46. The lowest BCUT2D eigenvalue weighted by Gasteiger charge is -2.31. The molecule has 1 heterocycles. The van der Waals surface area contributed by atoms with Crippen LogP contribution in [0.3, 0.4) is 0 Å². The van der Waals surface area contributed by atoms with Gasteiger partial charge in [-0.05, 0) is 18.8 Å². The third-order valence-corrected chi connectivity index (χ3v) is 3.96. The number of urea groups is 1. The molecule has 7 heteroatoms. The standard InChI is InChI=1S/C14H23N5O2/c1-2-10-5-3-4-6-12(10)18-14(21)17-11-7-16-19(8-11)9-13(15)20/h7-8,10,12H,2-6,9H2,1H3,(H2,15,20)(H2,17,18,21). The maximum Gasteiger partial charge on any atom is 0.319 e. The molecule has 7 nitrogen and oxygen atoms in total. The van der Waals surface area contributed by atoms with Crippen molar-refractivity contribution in [1.29, 1.82) is 0 Å². The van der Waals surface area contributed by atoms with Gasteiger partial charge < -0.3 is 16.4 Å². The zero-order chi connectivity index (χ0) is 15.2. The highest BCUT2D eigenvalue weighted by Gasteiger charge is 2.25. The van der Waals surface area contributed by atoms with Gasteiger partial charge in [-0.15, -0.1) is 0 Å². The Kier molecular flexibility index (Phi) is 5.19. The van der Waals surface area contributed by atoms with E-state index in [9.17, 15) is 9.59 Å². The lowest BCUT2D eigenvalue weighted by molar-refractivity contribution is -0.118. The van der Waals surface area contributed by atoms with Crippen LogP contribution in [0.25, 0.3) is 0 Å². The maximum absolute atomic E-state index is 12.0. The Morgan fingerprint density at radius 1 is 1.43 bits per heavy atom. The van der Waals surface area contributed by atoms with E-state index in [0.29, 0.717) is 11.6 Å². The van der Waals surface area contributed by atoms with Gasteiger partial charge in [0.25, 0.3) is 0 Å². The van der Waals surface area contributed by atoms with Crippen LogP contribution in [0.1, 0.15) is 39.0 Å². The molecule has 2 unspecified atom stereocenters. The summed E-state index contributed by atoms with van der Waals surface area (Å²) in [4.78, 5) is 22.8. The minimum absolute atomic E-state index is 0.00380. The third kappa shape index (κ3) is 4.47.